The number of nitrogens with one attached hydrogen (secondary N) is 3. The quantitative estimate of drug-likeness (QED) is 0.553. The molecule has 0 bridgehead atoms. The number of hydrogen-bond acceptors (Lipinski definition) is 6. The third kappa shape index (κ3) is 4.94. The van der Waals surface area contributed by atoms with Crippen LogP contribution < -0.4 is 16.0 Å². The fourth-order valence-corrected chi connectivity index (χ4v) is 6.55. The number of amides is 3. The molecule has 1 unspecified atom stereocenters. The highest BCUT2D eigenvalue weighted by atomic mass is 16.5. The van der Waals surface area contributed by atoms with Crippen molar-refractivity contribution >= 4 is 29.1 Å². The fourth-order valence-electron chi connectivity index (χ4n) is 6.55. The third-order valence-corrected chi connectivity index (χ3v) is 7.99. The Bertz CT molecular complexity index is 1240. The molecule has 3 aliphatic heterocycles. The van der Waals surface area contributed by atoms with Crippen LogP contribution >= 0.6 is 0 Å². The first-order valence-electron chi connectivity index (χ1n) is 13.2. The van der Waals surface area contributed by atoms with Gasteiger partial charge in [0, 0.05) is 37.8 Å². The maximum Gasteiger partial charge on any atom is 0.270 e. The predicted octanol–water partition coefficient (Wildman–Crippen LogP) is 3.14. The number of rotatable bonds is 5. The first-order valence-corrected chi connectivity index (χ1v) is 13.2. The summed E-state index contributed by atoms with van der Waals surface area (Å²) < 4.78 is 13.2. The lowest BCUT2D eigenvalue weighted by atomic mass is 9.75. The first-order chi connectivity index (χ1) is 17.9. The van der Waals surface area contributed by atoms with Crippen LogP contribution in [0, 0.1) is 5.92 Å². The van der Waals surface area contributed by atoms with Gasteiger partial charge < -0.3 is 25.4 Å². The molecule has 1 spiro atoms. The van der Waals surface area contributed by atoms with Crippen LogP contribution in [0.2, 0.25) is 0 Å². The van der Waals surface area contributed by atoms with Crippen molar-refractivity contribution in [3.8, 4) is 0 Å². The smallest absolute Gasteiger partial charge is 0.270 e. The largest absolute Gasteiger partial charge is 0.381 e. The summed E-state index contributed by atoms with van der Waals surface area (Å²) in [7, 11) is 1.69. The highest BCUT2D eigenvalue weighted by Gasteiger charge is 2.48. The lowest BCUT2D eigenvalue weighted by molar-refractivity contribution is -0.176. The van der Waals surface area contributed by atoms with Gasteiger partial charge in [0.1, 0.15) is 11.7 Å². The highest BCUT2D eigenvalue weighted by molar-refractivity contribution is 6.07. The first kappa shape index (κ1) is 26.4. The number of nitrogens with zero attached hydrogens (tertiary/aromatic N) is 2. The molecule has 10 nitrogen and oxygen atoms in total. The molecule has 3 aliphatic rings. The number of hydrogen-bond donors (Lipinski definition) is 3. The lowest BCUT2D eigenvalue weighted by Crippen LogP contribution is -2.55. The number of aromatic nitrogens is 2. The van der Waals surface area contributed by atoms with Gasteiger partial charge in [-0.3, -0.25) is 19.1 Å². The van der Waals surface area contributed by atoms with Gasteiger partial charge in [-0.25, -0.2) is 0 Å². The zero-order chi connectivity index (χ0) is 27.3. The summed E-state index contributed by atoms with van der Waals surface area (Å²) in [4.78, 5) is 39.9. The molecule has 0 aliphatic carbocycles. The maximum absolute atomic E-state index is 13.8. The van der Waals surface area contributed by atoms with Gasteiger partial charge in [-0.05, 0) is 83.1 Å². The molecule has 0 radical (unpaired) electrons. The van der Waals surface area contributed by atoms with E-state index in [1.54, 1.807) is 25.4 Å². The average molecular weight is 524 g/mol. The summed E-state index contributed by atoms with van der Waals surface area (Å²) in [5.74, 6) is -0.864. The molecule has 2 saturated heterocycles. The molecular formula is C28H37N5O5. The van der Waals surface area contributed by atoms with Gasteiger partial charge in [-0.1, -0.05) is 6.07 Å². The molecule has 1 aromatic heterocycles. The average Bonchev–Trinajstić information content (AvgIpc) is 3.36. The number of aryl methyl sites for hydroxylation is 1. The Labute approximate surface area is 222 Å². The number of fused-ring (bicyclic) bond motifs is 2. The Balaban J connectivity index is 1.41. The van der Waals surface area contributed by atoms with E-state index < -0.39 is 22.7 Å². The van der Waals surface area contributed by atoms with Gasteiger partial charge in [0.15, 0.2) is 0 Å². The van der Waals surface area contributed by atoms with E-state index >= 15 is 0 Å². The van der Waals surface area contributed by atoms with E-state index in [1.165, 1.54) is 4.68 Å². The fraction of sp³-hybridized carbons (Fsp3) is 0.571. The van der Waals surface area contributed by atoms with Gasteiger partial charge in [0.25, 0.3) is 5.91 Å². The second kappa shape index (κ2) is 9.50. The molecule has 3 amide bonds. The van der Waals surface area contributed by atoms with Crippen LogP contribution in [0.5, 0.6) is 0 Å². The SMILES string of the molecule is Cn1nccc1C(=O)NC(C(=O)Nc1ccc2c(c1)NC(=O)C21CCOCC1)C1CC(C)(C)OC(C)(C)C1. The maximum atomic E-state index is 13.8. The van der Waals surface area contributed by atoms with Crippen molar-refractivity contribution in [1.29, 1.82) is 0 Å². The van der Waals surface area contributed by atoms with E-state index in [0.717, 1.165) is 5.56 Å². The Morgan fingerprint density at radius 1 is 1.11 bits per heavy atom. The van der Waals surface area contributed by atoms with E-state index in [-0.39, 0.29) is 23.6 Å². The summed E-state index contributed by atoms with van der Waals surface area (Å²) in [6.45, 7) is 9.12. The number of benzene rings is 1. The van der Waals surface area contributed by atoms with Crippen molar-refractivity contribution in [2.24, 2.45) is 13.0 Å². The number of carbonyl (C=O) groups excluding carboxylic acids is 3. The van der Waals surface area contributed by atoms with Crippen molar-refractivity contribution in [1.82, 2.24) is 15.1 Å². The van der Waals surface area contributed by atoms with E-state index in [2.05, 4.69) is 21.0 Å². The number of ether oxygens (including phenoxy) is 2. The van der Waals surface area contributed by atoms with Crippen LogP contribution in [0.1, 0.15) is 69.4 Å². The topological polar surface area (TPSA) is 124 Å². The summed E-state index contributed by atoms with van der Waals surface area (Å²) in [5, 5.41) is 13.1. The summed E-state index contributed by atoms with van der Waals surface area (Å²) >= 11 is 0. The van der Waals surface area contributed by atoms with Crippen LogP contribution in [0.4, 0.5) is 11.4 Å². The molecule has 2 fully saturated rings. The van der Waals surface area contributed by atoms with E-state index in [0.29, 0.717) is 56.0 Å². The highest BCUT2D eigenvalue weighted by Crippen LogP contribution is 2.45. The van der Waals surface area contributed by atoms with Gasteiger partial charge in [0.05, 0.1) is 16.6 Å². The zero-order valence-corrected chi connectivity index (χ0v) is 22.7. The molecule has 2 aromatic rings. The lowest BCUT2D eigenvalue weighted by Gasteiger charge is -2.47. The van der Waals surface area contributed by atoms with Crippen LogP contribution in [-0.2, 0) is 31.5 Å². The Kier molecular flexibility index (Phi) is 6.59. The molecule has 38 heavy (non-hydrogen) atoms. The van der Waals surface area contributed by atoms with Crippen LogP contribution in [-0.4, -0.2) is 58.0 Å². The van der Waals surface area contributed by atoms with Gasteiger partial charge in [-0.2, -0.15) is 5.10 Å². The van der Waals surface area contributed by atoms with E-state index in [4.69, 9.17) is 9.47 Å². The van der Waals surface area contributed by atoms with Crippen molar-refractivity contribution in [2.75, 3.05) is 23.8 Å². The molecule has 5 rings (SSSR count). The van der Waals surface area contributed by atoms with Gasteiger partial charge in [-0.15, -0.1) is 0 Å². The molecule has 1 aromatic carbocycles. The Hall–Kier alpha value is -3.24. The second-order valence-corrected chi connectivity index (χ2v) is 12.0. The number of carbonyl (C=O) groups is 3. The van der Waals surface area contributed by atoms with Crippen LogP contribution in [0.15, 0.2) is 30.5 Å². The standard InChI is InChI=1S/C28H37N5O5/c1-26(2)15-17(16-27(3,4)38-26)22(32-23(34)21-8-11-29-33(21)5)24(35)30-18-6-7-19-20(14-18)31-25(36)28(19)9-12-37-13-10-28/h6-8,11,14,17,22H,9-10,12-13,15-16H2,1-5H3,(H,30,35)(H,31,36)(H,32,34). The monoisotopic (exact) mass is 523 g/mol. The minimum atomic E-state index is -0.801. The second-order valence-electron chi connectivity index (χ2n) is 12.0. The molecule has 0 saturated carbocycles. The molecule has 1 atom stereocenters. The molecule has 4 heterocycles. The van der Waals surface area contributed by atoms with Crippen molar-refractivity contribution < 1.29 is 23.9 Å². The number of anilines is 2. The van der Waals surface area contributed by atoms with Crippen molar-refractivity contribution in [3.63, 3.8) is 0 Å². The zero-order valence-electron chi connectivity index (χ0n) is 22.7. The van der Waals surface area contributed by atoms with E-state index in [1.807, 2.05) is 39.8 Å². The molecular weight excluding hydrogens is 486 g/mol. The Morgan fingerprint density at radius 3 is 2.42 bits per heavy atom. The summed E-state index contributed by atoms with van der Waals surface area (Å²) in [5.41, 5.74) is 1.08. The minimum absolute atomic E-state index is 0.0211. The molecule has 10 heteroatoms. The van der Waals surface area contributed by atoms with Crippen molar-refractivity contribution in [3.05, 3.63) is 41.7 Å². The van der Waals surface area contributed by atoms with Crippen LogP contribution in [0.25, 0.3) is 0 Å². The summed E-state index contributed by atoms with van der Waals surface area (Å²) in [6, 6.07) is 6.36. The predicted molar refractivity (Wildman–Crippen MR) is 142 cm³/mol. The van der Waals surface area contributed by atoms with E-state index in [9.17, 15) is 14.4 Å². The van der Waals surface area contributed by atoms with Crippen LogP contribution in [0.3, 0.4) is 0 Å². The minimum Gasteiger partial charge on any atom is -0.381 e. The molecule has 3 N–H and O–H groups in total. The molecule has 204 valence electrons. The van der Waals surface area contributed by atoms with Crippen molar-refractivity contribution in [2.45, 2.75) is 76.0 Å². The Morgan fingerprint density at radius 2 is 1.79 bits per heavy atom. The van der Waals surface area contributed by atoms with Gasteiger partial charge in [0.2, 0.25) is 11.8 Å². The van der Waals surface area contributed by atoms with Gasteiger partial charge >= 0.3 is 0 Å². The third-order valence-electron chi connectivity index (χ3n) is 7.99. The summed E-state index contributed by atoms with van der Waals surface area (Å²) in [6.07, 6.45) is 4.02. The normalized spacial score (nSPS) is 22.4.